The topological polar surface area (TPSA) is 88.2 Å². The maximum Gasteiger partial charge on any atom is 0.191 e. The molecule has 1 aromatic heterocycles. The van der Waals surface area contributed by atoms with E-state index in [1.807, 2.05) is 12.1 Å². The number of hydrogen-bond acceptors (Lipinski definition) is 5. The summed E-state index contributed by atoms with van der Waals surface area (Å²) in [6.45, 7) is 4.72. The average molecular weight is 325 g/mol. The molecule has 0 amide bonds. The van der Waals surface area contributed by atoms with Crippen LogP contribution >= 0.6 is 0 Å². The molecule has 2 heterocycles. The summed E-state index contributed by atoms with van der Waals surface area (Å²) in [6.07, 6.45) is 3.56. The van der Waals surface area contributed by atoms with Gasteiger partial charge in [-0.3, -0.25) is 4.99 Å². The number of furan rings is 1. The lowest BCUT2D eigenvalue weighted by molar-refractivity contribution is 0.0957. The molecule has 1 saturated heterocycles. The van der Waals surface area contributed by atoms with Gasteiger partial charge in [-0.15, -0.1) is 0 Å². The smallest absolute Gasteiger partial charge is 0.191 e. The predicted octanol–water partition coefficient (Wildman–Crippen LogP) is 0.403. The molecular formula is C16H27N3O4. The molecule has 1 aliphatic rings. The van der Waals surface area contributed by atoms with Crippen LogP contribution in [-0.2, 0) is 15.9 Å². The molecule has 130 valence electrons. The van der Waals surface area contributed by atoms with Crippen molar-refractivity contribution >= 4 is 5.96 Å². The van der Waals surface area contributed by atoms with Crippen molar-refractivity contribution in [2.45, 2.75) is 12.8 Å². The zero-order valence-electron chi connectivity index (χ0n) is 13.5. The lowest BCUT2D eigenvalue weighted by Gasteiger charge is -2.13. The highest BCUT2D eigenvalue weighted by atomic mass is 16.5. The lowest BCUT2D eigenvalue weighted by atomic mass is 10.1. The first-order chi connectivity index (χ1) is 11.4. The summed E-state index contributed by atoms with van der Waals surface area (Å²) < 4.78 is 15.9. The van der Waals surface area contributed by atoms with Gasteiger partial charge in [0, 0.05) is 38.6 Å². The minimum absolute atomic E-state index is 0.0457. The molecule has 1 aromatic rings. The molecule has 0 aliphatic carbocycles. The van der Waals surface area contributed by atoms with Crippen molar-refractivity contribution in [1.82, 2.24) is 10.6 Å². The van der Waals surface area contributed by atoms with Gasteiger partial charge < -0.3 is 29.6 Å². The Bertz CT molecular complexity index is 431. The van der Waals surface area contributed by atoms with Crippen molar-refractivity contribution in [3.63, 3.8) is 0 Å². The van der Waals surface area contributed by atoms with Crippen molar-refractivity contribution < 1.29 is 19.0 Å². The van der Waals surface area contributed by atoms with Gasteiger partial charge in [0.1, 0.15) is 5.76 Å². The summed E-state index contributed by atoms with van der Waals surface area (Å²) in [5.74, 6) is 2.23. The van der Waals surface area contributed by atoms with E-state index < -0.39 is 0 Å². The first kappa shape index (κ1) is 17.8. The SMILES string of the molecule is OCCOCCNC(=NCC1CCOC1)NCCc1ccco1. The number of guanidine groups is 1. The Balaban J connectivity index is 1.71. The van der Waals surface area contributed by atoms with Gasteiger partial charge in [0.05, 0.1) is 32.7 Å². The van der Waals surface area contributed by atoms with Crippen LogP contribution in [0.5, 0.6) is 0 Å². The standard InChI is InChI=1S/C16H27N3O4/c20-7-11-21-10-6-18-16(19-12-14-4-9-22-13-14)17-5-3-15-2-1-8-23-15/h1-2,8,14,20H,3-7,9-13H2,(H2,17,18,19). The fraction of sp³-hybridized carbons (Fsp3) is 0.688. The molecule has 7 nitrogen and oxygen atoms in total. The van der Waals surface area contributed by atoms with Crippen molar-refractivity contribution in [1.29, 1.82) is 0 Å². The van der Waals surface area contributed by atoms with Crippen molar-refractivity contribution in [2.24, 2.45) is 10.9 Å². The molecule has 1 unspecified atom stereocenters. The van der Waals surface area contributed by atoms with Crippen molar-refractivity contribution in [2.75, 3.05) is 52.7 Å². The zero-order chi connectivity index (χ0) is 16.2. The third-order valence-electron chi connectivity index (χ3n) is 3.55. The maximum atomic E-state index is 8.68. The van der Waals surface area contributed by atoms with Crippen LogP contribution < -0.4 is 10.6 Å². The van der Waals surface area contributed by atoms with Crippen LogP contribution in [0, 0.1) is 5.92 Å². The van der Waals surface area contributed by atoms with Crippen LogP contribution in [0.1, 0.15) is 12.2 Å². The molecule has 0 saturated carbocycles. The molecule has 0 spiro atoms. The highest BCUT2D eigenvalue weighted by Crippen LogP contribution is 2.11. The first-order valence-corrected chi connectivity index (χ1v) is 8.19. The quantitative estimate of drug-likeness (QED) is 0.328. The van der Waals surface area contributed by atoms with Crippen LogP contribution in [0.3, 0.4) is 0 Å². The molecule has 3 N–H and O–H groups in total. The Morgan fingerprint density at radius 3 is 3.00 bits per heavy atom. The Hall–Kier alpha value is -1.57. The third kappa shape index (κ3) is 7.49. The molecule has 2 rings (SSSR count). The molecule has 0 radical (unpaired) electrons. The maximum absolute atomic E-state index is 8.68. The first-order valence-electron chi connectivity index (χ1n) is 8.19. The second-order valence-electron chi connectivity index (χ2n) is 5.44. The Morgan fingerprint density at radius 1 is 1.35 bits per heavy atom. The van der Waals surface area contributed by atoms with Crippen LogP contribution in [0.15, 0.2) is 27.8 Å². The molecule has 1 aliphatic heterocycles. The van der Waals surface area contributed by atoms with Crippen LogP contribution in [-0.4, -0.2) is 63.7 Å². The summed E-state index contributed by atoms with van der Waals surface area (Å²) in [6, 6.07) is 3.85. The molecule has 0 bridgehead atoms. The van der Waals surface area contributed by atoms with Gasteiger partial charge in [-0.1, -0.05) is 0 Å². The van der Waals surface area contributed by atoms with E-state index in [9.17, 15) is 0 Å². The number of ether oxygens (including phenoxy) is 2. The summed E-state index contributed by atoms with van der Waals surface area (Å²) in [5.41, 5.74) is 0. The Labute approximate surface area is 137 Å². The largest absolute Gasteiger partial charge is 0.469 e. The minimum Gasteiger partial charge on any atom is -0.469 e. The molecule has 7 heteroatoms. The second-order valence-corrected chi connectivity index (χ2v) is 5.44. The van der Waals surface area contributed by atoms with E-state index in [1.54, 1.807) is 6.26 Å². The highest BCUT2D eigenvalue weighted by Gasteiger charge is 2.15. The van der Waals surface area contributed by atoms with Gasteiger partial charge >= 0.3 is 0 Å². The summed E-state index contributed by atoms with van der Waals surface area (Å²) in [5, 5.41) is 15.2. The van der Waals surface area contributed by atoms with E-state index in [0.717, 1.165) is 50.9 Å². The molecule has 1 atom stereocenters. The fourth-order valence-electron chi connectivity index (χ4n) is 2.29. The van der Waals surface area contributed by atoms with E-state index in [4.69, 9.17) is 19.0 Å². The normalized spacial score (nSPS) is 18.3. The van der Waals surface area contributed by atoms with Gasteiger partial charge in [-0.25, -0.2) is 0 Å². The van der Waals surface area contributed by atoms with Gasteiger partial charge in [0.25, 0.3) is 0 Å². The zero-order valence-corrected chi connectivity index (χ0v) is 13.5. The van der Waals surface area contributed by atoms with E-state index in [0.29, 0.717) is 25.7 Å². The van der Waals surface area contributed by atoms with Gasteiger partial charge in [0.15, 0.2) is 5.96 Å². The number of rotatable bonds is 10. The summed E-state index contributed by atoms with van der Waals surface area (Å²) in [7, 11) is 0. The lowest BCUT2D eigenvalue weighted by Crippen LogP contribution is -2.40. The van der Waals surface area contributed by atoms with E-state index in [-0.39, 0.29) is 6.61 Å². The third-order valence-corrected chi connectivity index (χ3v) is 3.55. The van der Waals surface area contributed by atoms with Crippen molar-refractivity contribution in [3.8, 4) is 0 Å². The van der Waals surface area contributed by atoms with Crippen LogP contribution in [0.4, 0.5) is 0 Å². The van der Waals surface area contributed by atoms with Gasteiger partial charge in [-0.2, -0.15) is 0 Å². The predicted molar refractivity (Wildman–Crippen MR) is 87.6 cm³/mol. The van der Waals surface area contributed by atoms with Crippen LogP contribution in [0.2, 0.25) is 0 Å². The van der Waals surface area contributed by atoms with E-state index in [1.165, 1.54) is 0 Å². The number of aliphatic hydroxyl groups is 1. The second kappa shape index (κ2) is 11.0. The fourth-order valence-corrected chi connectivity index (χ4v) is 2.29. The number of nitrogens with zero attached hydrogens (tertiary/aromatic N) is 1. The van der Waals surface area contributed by atoms with E-state index in [2.05, 4.69) is 15.6 Å². The molecule has 1 fully saturated rings. The number of hydrogen-bond donors (Lipinski definition) is 3. The Kier molecular flexibility index (Phi) is 8.53. The minimum atomic E-state index is 0.0457. The van der Waals surface area contributed by atoms with E-state index >= 15 is 0 Å². The van der Waals surface area contributed by atoms with Gasteiger partial charge in [-0.05, 0) is 18.6 Å². The average Bonchev–Trinajstić information content (AvgIpc) is 3.25. The molecule has 23 heavy (non-hydrogen) atoms. The monoisotopic (exact) mass is 325 g/mol. The summed E-state index contributed by atoms with van der Waals surface area (Å²) in [4.78, 5) is 4.62. The molecular weight excluding hydrogens is 298 g/mol. The summed E-state index contributed by atoms with van der Waals surface area (Å²) >= 11 is 0. The van der Waals surface area contributed by atoms with Crippen molar-refractivity contribution in [3.05, 3.63) is 24.2 Å². The van der Waals surface area contributed by atoms with Gasteiger partial charge in [0.2, 0.25) is 0 Å². The Morgan fingerprint density at radius 2 is 2.26 bits per heavy atom. The highest BCUT2D eigenvalue weighted by molar-refractivity contribution is 5.79. The number of nitrogens with one attached hydrogen (secondary N) is 2. The van der Waals surface area contributed by atoms with Crippen LogP contribution in [0.25, 0.3) is 0 Å². The number of aliphatic imine (C=N–C) groups is 1. The molecule has 0 aromatic carbocycles. The number of aliphatic hydroxyl groups excluding tert-OH is 1.